The van der Waals surface area contributed by atoms with E-state index in [0.717, 1.165) is 18.4 Å². The number of nitrogens with zero attached hydrogens (tertiary/aromatic N) is 1. The van der Waals surface area contributed by atoms with E-state index in [1.807, 2.05) is 43.3 Å². The average Bonchev–Trinajstić information content (AvgIpc) is 3.11. The number of hydrogen-bond acceptors (Lipinski definition) is 4. The van der Waals surface area contributed by atoms with E-state index in [0.29, 0.717) is 41.4 Å². The first-order valence-electron chi connectivity index (χ1n) is 10.3. The van der Waals surface area contributed by atoms with Crippen LogP contribution in [0.15, 0.2) is 52.9 Å². The molecule has 30 heavy (non-hydrogen) atoms. The molecule has 4 rings (SSSR count). The van der Waals surface area contributed by atoms with Gasteiger partial charge in [-0.15, -0.1) is 0 Å². The second-order valence-electron chi connectivity index (χ2n) is 7.93. The fourth-order valence-electron chi connectivity index (χ4n) is 3.70. The quantitative estimate of drug-likeness (QED) is 0.671. The minimum atomic E-state index is -0.343. The Morgan fingerprint density at radius 1 is 1.13 bits per heavy atom. The summed E-state index contributed by atoms with van der Waals surface area (Å²) in [4.78, 5) is 27.6. The lowest BCUT2D eigenvalue weighted by atomic mass is 9.99. The van der Waals surface area contributed by atoms with Crippen molar-refractivity contribution in [2.24, 2.45) is 5.92 Å². The van der Waals surface area contributed by atoms with E-state index >= 15 is 0 Å². The van der Waals surface area contributed by atoms with Crippen molar-refractivity contribution in [2.45, 2.75) is 26.7 Å². The van der Waals surface area contributed by atoms with Crippen molar-refractivity contribution in [3.63, 3.8) is 0 Å². The van der Waals surface area contributed by atoms with Gasteiger partial charge in [0.15, 0.2) is 6.61 Å². The van der Waals surface area contributed by atoms with Crippen LogP contribution in [0.4, 0.5) is 5.69 Å². The lowest BCUT2D eigenvalue weighted by Crippen LogP contribution is -2.38. The number of amides is 2. The number of nitrogens with one attached hydrogen (secondary N) is 1. The summed E-state index contributed by atoms with van der Waals surface area (Å²) >= 11 is 0. The molecule has 1 aliphatic heterocycles. The molecule has 6 heteroatoms. The first kappa shape index (κ1) is 20.0. The smallest absolute Gasteiger partial charge is 0.291 e. The van der Waals surface area contributed by atoms with Gasteiger partial charge in [0.05, 0.1) is 0 Å². The maximum Gasteiger partial charge on any atom is 0.291 e. The van der Waals surface area contributed by atoms with E-state index < -0.39 is 0 Å². The Morgan fingerprint density at radius 2 is 1.90 bits per heavy atom. The van der Waals surface area contributed by atoms with Crippen LogP contribution < -0.4 is 10.1 Å². The van der Waals surface area contributed by atoms with Crippen LogP contribution in [0.2, 0.25) is 0 Å². The van der Waals surface area contributed by atoms with E-state index in [-0.39, 0.29) is 24.2 Å². The number of carbonyl (C=O) groups is 2. The number of piperidine rings is 1. The molecule has 3 aromatic rings. The maximum atomic E-state index is 13.1. The molecule has 1 fully saturated rings. The predicted octanol–water partition coefficient (Wildman–Crippen LogP) is 4.63. The molecule has 156 valence electrons. The molecular weight excluding hydrogens is 380 g/mol. The van der Waals surface area contributed by atoms with Crippen molar-refractivity contribution in [3.05, 3.63) is 59.9 Å². The second kappa shape index (κ2) is 8.61. The van der Waals surface area contributed by atoms with Gasteiger partial charge in [-0.25, -0.2) is 0 Å². The Morgan fingerprint density at radius 3 is 2.67 bits per heavy atom. The van der Waals surface area contributed by atoms with Gasteiger partial charge in [0, 0.05) is 18.5 Å². The predicted molar refractivity (Wildman–Crippen MR) is 116 cm³/mol. The van der Waals surface area contributed by atoms with Gasteiger partial charge < -0.3 is 19.4 Å². The summed E-state index contributed by atoms with van der Waals surface area (Å²) in [5.41, 5.74) is 2.03. The van der Waals surface area contributed by atoms with E-state index in [1.165, 1.54) is 0 Å². The fraction of sp³-hybridized carbons (Fsp3) is 0.333. The van der Waals surface area contributed by atoms with Gasteiger partial charge >= 0.3 is 0 Å². The van der Waals surface area contributed by atoms with Crippen molar-refractivity contribution in [2.75, 3.05) is 25.0 Å². The van der Waals surface area contributed by atoms with Crippen LogP contribution in [0.1, 0.15) is 35.9 Å². The van der Waals surface area contributed by atoms with Gasteiger partial charge in [-0.2, -0.15) is 0 Å². The zero-order valence-corrected chi connectivity index (χ0v) is 17.3. The van der Waals surface area contributed by atoms with Crippen molar-refractivity contribution in [1.29, 1.82) is 0 Å². The molecule has 1 N–H and O–H groups in total. The monoisotopic (exact) mass is 406 g/mol. The fourth-order valence-corrected chi connectivity index (χ4v) is 3.70. The number of para-hydroxylation sites is 1. The van der Waals surface area contributed by atoms with E-state index in [2.05, 4.69) is 12.2 Å². The minimum Gasteiger partial charge on any atom is -0.484 e. The number of aryl methyl sites for hydroxylation is 1. The Balaban J connectivity index is 1.54. The van der Waals surface area contributed by atoms with Crippen molar-refractivity contribution < 1.29 is 18.7 Å². The number of likely N-dealkylation sites (tertiary alicyclic amines) is 1. The van der Waals surface area contributed by atoms with Crippen LogP contribution in [0, 0.1) is 12.8 Å². The van der Waals surface area contributed by atoms with Gasteiger partial charge in [-0.3, -0.25) is 9.59 Å². The number of rotatable bonds is 5. The van der Waals surface area contributed by atoms with E-state index in [9.17, 15) is 9.59 Å². The number of anilines is 1. The highest BCUT2D eigenvalue weighted by Gasteiger charge is 2.28. The third-order valence-electron chi connectivity index (χ3n) is 5.48. The molecule has 1 aromatic heterocycles. The molecule has 0 saturated carbocycles. The van der Waals surface area contributed by atoms with Gasteiger partial charge in [-0.1, -0.05) is 31.2 Å². The van der Waals surface area contributed by atoms with E-state index in [1.54, 1.807) is 17.0 Å². The van der Waals surface area contributed by atoms with Gasteiger partial charge in [0.25, 0.3) is 11.8 Å². The number of fused-ring (bicyclic) bond motifs is 1. The molecule has 0 aliphatic carbocycles. The summed E-state index contributed by atoms with van der Waals surface area (Å²) in [5.74, 6) is 0.885. The van der Waals surface area contributed by atoms with Crippen molar-refractivity contribution in [1.82, 2.24) is 4.90 Å². The molecular formula is C24H26N2O4. The lowest BCUT2D eigenvalue weighted by molar-refractivity contribution is -0.118. The Hall–Kier alpha value is -3.28. The average molecular weight is 406 g/mol. The third kappa shape index (κ3) is 4.32. The molecule has 1 saturated heterocycles. The zero-order chi connectivity index (χ0) is 21.1. The normalized spacial score (nSPS) is 14.7. The SMILES string of the molecule is Cc1cccc(OCC(=O)Nc2c(C(=O)N3CCC(C)CC3)oc3ccccc23)c1. The summed E-state index contributed by atoms with van der Waals surface area (Å²) in [6.45, 7) is 5.40. The van der Waals surface area contributed by atoms with Crippen LogP contribution in [0.5, 0.6) is 5.75 Å². The molecule has 0 unspecified atom stereocenters. The maximum absolute atomic E-state index is 13.1. The summed E-state index contributed by atoms with van der Waals surface area (Å²) in [5, 5.41) is 3.55. The Bertz CT molecular complexity index is 1060. The first-order valence-corrected chi connectivity index (χ1v) is 10.3. The molecule has 2 heterocycles. The van der Waals surface area contributed by atoms with Gasteiger partial charge in [0.1, 0.15) is 17.0 Å². The standard InChI is InChI=1S/C24H26N2O4/c1-16-10-12-26(13-11-16)24(28)23-22(19-8-3-4-9-20(19)30-23)25-21(27)15-29-18-7-5-6-17(2)14-18/h3-9,14,16H,10-13,15H2,1-2H3,(H,25,27). The van der Waals surface area contributed by atoms with Gasteiger partial charge in [0.2, 0.25) is 5.76 Å². The van der Waals surface area contributed by atoms with Crippen LogP contribution in [-0.4, -0.2) is 36.4 Å². The van der Waals surface area contributed by atoms with Crippen molar-refractivity contribution in [3.8, 4) is 5.75 Å². The number of ether oxygens (including phenoxy) is 1. The zero-order valence-electron chi connectivity index (χ0n) is 17.3. The molecule has 2 amide bonds. The number of carbonyl (C=O) groups excluding carboxylic acids is 2. The highest BCUT2D eigenvalue weighted by atomic mass is 16.5. The Kier molecular flexibility index (Phi) is 5.74. The topological polar surface area (TPSA) is 71.8 Å². The van der Waals surface area contributed by atoms with Crippen LogP contribution in [0.3, 0.4) is 0 Å². The molecule has 1 aliphatic rings. The largest absolute Gasteiger partial charge is 0.484 e. The summed E-state index contributed by atoms with van der Waals surface area (Å²) < 4.78 is 11.5. The highest BCUT2D eigenvalue weighted by molar-refractivity contribution is 6.11. The second-order valence-corrected chi connectivity index (χ2v) is 7.93. The summed E-state index contributed by atoms with van der Waals surface area (Å²) in [7, 11) is 0. The number of hydrogen-bond donors (Lipinski definition) is 1. The molecule has 0 atom stereocenters. The molecule has 0 spiro atoms. The molecule has 6 nitrogen and oxygen atoms in total. The Labute approximate surface area is 175 Å². The first-order chi connectivity index (χ1) is 14.5. The molecule has 0 radical (unpaired) electrons. The number of furan rings is 1. The van der Waals surface area contributed by atoms with Gasteiger partial charge in [-0.05, 0) is 55.5 Å². The lowest BCUT2D eigenvalue weighted by Gasteiger charge is -2.29. The third-order valence-corrected chi connectivity index (χ3v) is 5.48. The molecule has 0 bridgehead atoms. The summed E-state index contributed by atoms with van der Waals surface area (Å²) in [6, 6.07) is 14.8. The van der Waals surface area contributed by atoms with Crippen molar-refractivity contribution >= 4 is 28.5 Å². The number of benzene rings is 2. The summed E-state index contributed by atoms with van der Waals surface area (Å²) in [6.07, 6.45) is 1.94. The highest BCUT2D eigenvalue weighted by Crippen LogP contribution is 2.32. The van der Waals surface area contributed by atoms with Crippen LogP contribution >= 0.6 is 0 Å². The molecule has 2 aromatic carbocycles. The van der Waals surface area contributed by atoms with Crippen LogP contribution in [0.25, 0.3) is 11.0 Å². The van der Waals surface area contributed by atoms with E-state index in [4.69, 9.17) is 9.15 Å². The van der Waals surface area contributed by atoms with Crippen LogP contribution in [-0.2, 0) is 4.79 Å². The minimum absolute atomic E-state index is 0.155.